The second-order valence-corrected chi connectivity index (χ2v) is 7.38. The lowest BCUT2D eigenvalue weighted by molar-refractivity contribution is -0.142. The van der Waals surface area contributed by atoms with Crippen LogP contribution < -0.4 is 10.1 Å². The molecule has 0 amide bonds. The number of nitrogens with one attached hydrogen (secondary N) is 1. The Labute approximate surface area is 149 Å². The number of aliphatic carboxylic acids is 1. The van der Waals surface area contributed by atoms with E-state index in [1.807, 2.05) is 0 Å². The zero-order chi connectivity index (χ0) is 17.6. The van der Waals surface area contributed by atoms with Gasteiger partial charge >= 0.3 is 5.97 Å². The van der Waals surface area contributed by atoms with Crippen molar-refractivity contribution in [1.29, 1.82) is 0 Å². The van der Waals surface area contributed by atoms with Gasteiger partial charge in [0, 0.05) is 31.0 Å². The topological polar surface area (TPSA) is 67.8 Å². The normalized spacial score (nSPS) is 24.7. The molecule has 0 unspecified atom stereocenters. The van der Waals surface area contributed by atoms with E-state index in [4.69, 9.17) is 14.6 Å². The number of hydrogen-bond donors (Lipinski definition) is 2. The van der Waals surface area contributed by atoms with E-state index in [0.29, 0.717) is 12.0 Å². The van der Waals surface area contributed by atoms with Crippen LogP contribution in [0, 0.1) is 18.8 Å². The van der Waals surface area contributed by atoms with Gasteiger partial charge < -0.3 is 19.9 Å². The minimum absolute atomic E-state index is 0.172. The van der Waals surface area contributed by atoms with Crippen LogP contribution in [0.2, 0.25) is 0 Å². The smallest absolute Gasteiger partial charge is 0.306 e. The molecule has 25 heavy (non-hydrogen) atoms. The third kappa shape index (κ3) is 5.11. The van der Waals surface area contributed by atoms with Crippen LogP contribution in [0.4, 0.5) is 5.69 Å². The van der Waals surface area contributed by atoms with Gasteiger partial charge in [-0.15, -0.1) is 0 Å². The molecule has 1 aromatic carbocycles. The van der Waals surface area contributed by atoms with Crippen molar-refractivity contribution in [1.82, 2.24) is 0 Å². The number of ether oxygens (including phenoxy) is 2. The van der Waals surface area contributed by atoms with Crippen LogP contribution >= 0.6 is 0 Å². The number of carboxylic acids is 1. The van der Waals surface area contributed by atoms with Crippen LogP contribution in [0.1, 0.15) is 44.1 Å². The summed E-state index contributed by atoms with van der Waals surface area (Å²) < 4.78 is 11.5. The first-order valence-corrected chi connectivity index (χ1v) is 9.42. The molecule has 1 aliphatic heterocycles. The average Bonchev–Trinajstić information content (AvgIpc) is 2.63. The maximum absolute atomic E-state index is 11.1. The summed E-state index contributed by atoms with van der Waals surface area (Å²) in [6, 6.07) is 6.60. The molecule has 1 aromatic rings. The van der Waals surface area contributed by atoms with Gasteiger partial charge in [-0.3, -0.25) is 4.79 Å². The Morgan fingerprint density at radius 1 is 1.20 bits per heavy atom. The summed E-state index contributed by atoms with van der Waals surface area (Å²) in [4.78, 5) is 11.1. The van der Waals surface area contributed by atoms with E-state index in [0.717, 1.165) is 75.3 Å². The minimum atomic E-state index is -0.655. The molecule has 3 rings (SSSR count). The number of carbonyl (C=O) groups is 1. The molecule has 1 heterocycles. The van der Waals surface area contributed by atoms with Gasteiger partial charge in [-0.25, -0.2) is 0 Å². The van der Waals surface area contributed by atoms with Gasteiger partial charge in [0.25, 0.3) is 0 Å². The van der Waals surface area contributed by atoms with Crippen molar-refractivity contribution in [2.75, 3.05) is 25.1 Å². The molecule has 1 aliphatic carbocycles. The Bertz CT molecular complexity index is 575. The number of carboxylic acid groups (broad SMARTS) is 1. The first-order valence-electron chi connectivity index (χ1n) is 9.42. The maximum Gasteiger partial charge on any atom is 0.306 e. The van der Waals surface area contributed by atoms with E-state index < -0.39 is 5.97 Å². The molecule has 138 valence electrons. The Kier molecular flexibility index (Phi) is 6.19. The van der Waals surface area contributed by atoms with Crippen LogP contribution in [-0.2, 0) is 9.53 Å². The molecule has 2 fully saturated rings. The monoisotopic (exact) mass is 347 g/mol. The van der Waals surface area contributed by atoms with Gasteiger partial charge in [0.15, 0.2) is 0 Å². The van der Waals surface area contributed by atoms with Crippen LogP contribution in [0.3, 0.4) is 0 Å². The highest BCUT2D eigenvalue weighted by Crippen LogP contribution is 2.29. The van der Waals surface area contributed by atoms with Crippen LogP contribution in [0.25, 0.3) is 0 Å². The lowest BCUT2D eigenvalue weighted by Gasteiger charge is -2.28. The highest BCUT2D eigenvalue weighted by molar-refractivity contribution is 5.70. The highest BCUT2D eigenvalue weighted by atomic mass is 16.5. The summed E-state index contributed by atoms with van der Waals surface area (Å²) in [7, 11) is 0. The molecule has 0 atom stereocenters. The predicted molar refractivity (Wildman–Crippen MR) is 97.2 cm³/mol. The van der Waals surface area contributed by atoms with E-state index in [-0.39, 0.29) is 5.92 Å². The zero-order valence-corrected chi connectivity index (χ0v) is 15.0. The van der Waals surface area contributed by atoms with E-state index in [1.165, 1.54) is 0 Å². The maximum atomic E-state index is 11.1. The van der Waals surface area contributed by atoms with Crippen molar-refractivity contribution in [3.05, 3.63) is 23.8 Å². The third-order valence-electron chi connectivity index (χ3n) is 5.45. The number of benzene rings is 1. The first kappa shape index (κ1) is 18.1. The third-order valence-corrected chi connectivity index (χ3v) is 5.45. The summed E-state index contributed by atoms with van der Waals surface area (Å²) in [5.74, 6) is 0.693. The van der Waals surface area contributed by atoms with E-state index in [1.54, 1.807) is 0 Å². The molecule has 0 spiro atoms. The number of rotatable bonds is 6. The van der Waals surface area contributed by atoms with Gasteiger partial charge in [-0.05, 0) is 63.0 Å². The van der Waals surface area contributed by atoms with Crippen LogP contribution in [0.15, 0.2) is 18.2 Å². The second-order valence-electron chi connectivity index (χ2n) is 7.38. The summed E-state index contributed by atoms with van der Waals surface area (Å²) in [5, 5.41) is 12.7. The van der Waals surface area contributed by atoms with Crippen molar-refractivity contribution >= 4 is 11.7 Å². The molecule has 1 saturated carbocycles. The molecule has 2 aliphatic rings. The average molecular weight is 347 g/mol. The first-order chi connectivity index (χ1) is 12.1. The summed E-state index contributed by atoms with van der Waals surface area (Å²) >= 11 is 0. The van der Waals surface area contributed by atoms with Gasteiger partial charge in [0.1, 0.15) is 5.75 Å². The largest absolute Gasteiger partial charge is 0.493 e. The number of hydrogen-bond acceptors (Lipinski definition) is 4. The molecule has 1 saturated heterocycles. The van der Waals surface area contributed by atoms with Gasteiger partial charge in [0.05, 0.1) is 12.5 Å². The molecular formula is C20H29NO4. The molecule has 0 bridgehead atoms. The SMILES string of the molecule is Cc1ccc(NC2CCC(C(=O)O)CC2)cc1OCC1CCOCC1. The van der Waals surface area contributed by atoms with Crippen molar-refractivity contribution in [2.24, 2.45) is 11.8 Å². The zero-order valence-electron chi connectivity index (χ0n) is 15.0. The van der Waals surface area contributed by atoms with Gasteiger partial charge in [0.2, 0.25) is 0 Å². The molecular weight excluding hydrogens is 318 g/mol. The fraction of sp³-hybridized carbons (Fsp3) is 0.650. The standard InChI is InChI=1S/C20H29NO4/c1-14-2-5-18(21-17-6-3-16(4-7-17)20(22)23)12-19(14)25-13-15-8-10-24-11-9-15/h2,5,12,15-17,21H,3-4,6-11,13H2,1H3,(H,22,23). The van der Waals surface area contributed by atoms with E-state index in [2.05, 4.69) is 30.4 Å². The molecule has 0 aromatic heterocycles. The lowest BCUT2D eigenvalue weighted by atomic mass is 9.86. The van der Waals surface area contributed by atoms with E-state index in [9.17, 15) is 4.79 Å². The number of aryl methyl sites for hydroxylation is 1. The minimum Gasteiger partial charge on any atom is -0.493 e. The van der Waals surface area contributed by atoms with Crippen LogP contribution in [-0.4, -0.2) is 36.9 Å². The van der Waals surface area contributed by atoms with E-state index >= 15 is 0 Å². The van der Waals surface area contributed by atoms with Crippen molar-refractivity contribution in [3.8, 4) is 5.75 Å². The molecule has 5 nitrogen and oxygen atoms in total. The Morgan fingerprint density at radius 3 is 2.60 bits per heavy atom. The summed E-state index contributed by atoms with van der Waals surface area (Å²) in [6.45, 7) is 4.50. The Balaban J connectivity index is 1.53. The van der Waals surface area contributed by atoms with Gasteiger partial charge in [-0.2, -0.15) is 0 Å². The molecule has 5 heteroatoms. The highest BCUT2D eigenvalue weighted by Gasteiger charge is 2.25. The Hall–Kier alpha value is -1.75. The second kappa shape index (κ2) is 8.56. The lowest BCUT2D eigenvalue weighted by Crippen LogP contribution is -2.29. The van der Waals surface area contributed by atoms with Crippen molar-refractivity contribution in [3.63, 3.8) is 0 Å². The quantitative estimate of drug-likeness (QED) is 0.818. The fourth-order valence-electron chi connectivity index (χ4n) is 3.69. The molecule has 0 radical (unpaired) electrons. The van der Waals surface area contributed by atoms with Crippen LogP contribution in [0.5, 0.6) is 5.75 Å². The van der Waals surface area contributed by atoms with Gasteiger partial charge in [-0.1, -0.05) is 6.07 Å². The fourth-order valence-corrected chi connectivity index (χ4v) is 3.69. The Morgan fingerprint density at radius 2 is 1.92 bits per heavy atom. The summed E-state index contributed by atoms with van der Waals surface area (Å²) in [6.07, 6.45) is 5.47. The number of anilines is 1. The van der Waals surface area contributed by atoms with Crippen molar-refractivity contribution in [2.45, 2.75) is 51.5 Å². The summed E-state index contributed by atoms with van der Waals surface area (Å²) in [5.41, 5.74) is 2.21. The van der Waals surface area contributed by atoms with Crippen molar-refractivity contribution < 1.29 is 19.4 Å². The predicted octanol–water partition coefficient (Wildman–Crippen LogP) is 3.86. The molecule has 2 N–H and O–H groups in total.